The highest BCUT2D eigenvalue weighted by molar-refractivity contribution is 5.75. The van der Waals surface area contributed by atoms with E-state index in [4.69, 9.17) is 9.47 Å². The van der Waals surface area contributed by atoms with Crippen molar-refractivity contribution in [1.82, 2.24) is 9.55 Å². The zero-order valence-corrected chi connectivity index (χ0v) is 13.8. The predicted octanol–water partition coefficient (Wildman–Crippen LogP) is 3.05. The van der Waals surface area contributed by atoms with E-state index >= 15 is 0 Å². The van der Waals surface area contributed by atoms with E-state index in [2.05, 4.69) is 15.6 Å². The van der Waals surface area contributed by atoms with Gasteiger partial charge in [-0.3, -0.25) is 0 Å². The minimum atomic E-state index is 0.103. The van der Waals surface area contributed by atoms with E-state index in [1.54, 1.807) is 7.11 Å². The van der Waals surface area contributed by atoms with E-state index in [9.17, 15) is 5.11 Å². The smallest absolute Gasteiger partial charge is 0.119 e. The highest BCUT2D eigenvalue weighted by Gasteiger charge is 2.09. The Morgan fingerprint density at radius 2 is 1.79 bits per heavy atom. The van der Waals surface area contributed by atoms with Crippen LogP contribution >= 0.6 is 0 Å². The molecule has 0 bridgehead atoms. The van der Waals surface area contributed by atoms with Crippen LogP contribution in [0.25, 0.3) is 11.0 Å². The fourth-order valence-electron chi connectivity index (χ4n) is 2.75. The maximum absolute atomic E-state index is 9.24. The summed E-state index contributed by atoms with van der Waals surface area (Å²) in [5.41, 5.74) is 2.07. The normalized spacial score (nSPS) is 10.9. The number of rotatable bonds is 8. The van der Waals surface area contributed by atoms with Crippen LogP contribution in [-0.2, 0) is 13.0 Å². The maximum atomic E-state index is 9.24. The van der Waals surface area contributed by atoms with Crippen molar-refractivity contribution in [3.8, 4) is 11.5 Å². The second-order valence-corrected chi connectivity index (χ2v) is 5.52. The van der Waals surface area contributed by atoms with Crippen molar-refractivity contribution in [1.29, 1.82) is 0 Å². The molecule has 1 aromatic heterocycles. The third-order valence-electron chi connectivity index (χ3n) is 3.92. The molecule has 0 atom stereocenters. The van der Waals surface area contributed by atoms with E-state index < -0.39 is 0 Å². The average molecular weight is 326 g/mol. The van der Waals surface area contributed by atoms with Gasteiger partial charge in [0.2, 0.25) is 0 Å². The van der Waals surface area contributed by atoms with Crippen molar-refractivity contribution in [2.75, 3.05) is 20.3 Å². The Balaban J connectivity index is 1.61. The third kappa shape index (κ3) is 3.68. The molecule has 0 radical (unpaired) electrons. The van der Waals surface area contributed by atoms with E-state index in [-0.39, 0.29) is 6.61 Å². The first-order valence-corrected chi connectivity index (χ1v) is 8.13. The Hall–Kier alpha value is -2.53. The number of nitrogens with zero attached hydrogens (tertiary/aromatic N) is 2. The maximum Gasteiger partial charge on any atom is 0.119 e. The Bertz CT molecular complexity index is 781. The van der Waals surface area contributed by atoms with Crippen LogP contribution in [0.3, 0.4) is 0 Å². The van der Waals surface area contributed by atoms with E-state index in [0.717, 1.165) is 41.3 Å². The Morgan fingerprint density at radius 1 is 1.04 bits per heavy atom. The number of aromatic nitrogens is 2. The lowest BCUT2D eigenvalue weighted by atomic mass is 10.3. The van der Waals surface area contributed by atoms with Crippen LogP contribution in [0, 0.1) is 0 Å². The predicted molar refractivity (Wildman–Crippen MR) is 93.6 cm³/mol. The van der Waals surface area contributed by atoms with Crippen LogP contribution in [0.2, 0.25) is 0 Å². The van der Waals surface area contributed by atoms with Crippen molar-refractivity contribution in [2.45, 2.75) is 19.4 Å². The van der Waals surface area contributed by atoms with Gasteiger partial charge in [-0.05, 0) is 42.8 Å². The number of hydrogen-bond acceptors (Lipinski definition) is 4. The average Bonchev–Trinajstić information content (AvgIpc) is 2.97. The van der Waals surface area contributed by atoms with Crippen LogP contribution in [0.4, 0.5) is 0 Å². The van der Waals surface area contributed by atoms with Crippen molar-refractivity contribution >= 4 is 11.0 Å². The zero-order chi connectivity index (χ0) is 16.8. The van der Waals surface area contributed by atoms with E-state index in [1.165, 1.54) is 0 Å². The first-order chi connectivity index (χ1) is 11.8. The van der Waals surface area contributed by atoms with Crippen molar-refractivity contribution in [3.63, 3.8) is 0 Å². The molecule has 5 heteroatoms. The number of aryl methyl sites for hydroxylation is 1. The van der Waals surface area contributed by atoms with Gasteiger partial charge in [0.1, 0.15) is 17.3 Å². The van der Waals surface area contributed by atoms with Gasteiger partial charge in [0.05, 0.1) is 31.4 Å². The Kier molecular flexibility index (Phi) is 5.33. The number of benzene rings is 2. The van der Waals surface area contributed by atoms with Gasteiger partial charge < -0.3 is 19.1 Å². The lowest BCUT2D eigenvalue weighted by Gasteiger charge is -2.10. The van der Waals surface area contributed by atoms with Gasteiger partial charge in [0.15, 0.2) is 0 Å². The molecule has 0 aliphatic rings. The minimum absolute atomic E-state index is 0.103. The molecular weight excluding hydrogens is 304 g/mol. The van der Waals surface area contributed by atoms with E-state index in [1.807, 2.05) is 42.5 Å². The zero-order valence-electron chi connectivity index (χ0n) is 13.8. The van der Waals surface area contributed by atoms with Crippen LogP contribution in [0.5, 0.6) is 11.5 Å². The number of ether oxygens (including phenoxy) is 2. The molecule has 0 saturated heterocycles. The summed E-state index contributed by atoms with van der Waals surface area (Å²) in [5, 5.41) is 9.24. The van der Waals surface area contributed by atoms with Crippen molar-refractivity contribution in [3.05, 3.63) is 54.4 Å². The molecule has 2 aromatic carbocycles. The van der Waals surface area contributed by atoms with Crippen molar-refractivity contribution < 1.29 is 14.6 Å². The number of fused-ring (bicyclic) bond motifs is 1. The minimum Gasteiger partial charge on any atom is -0.497 e. The summed E-state index contributed by atoms with van der Waals surface area (Å²) in [4.78, 5) is 4.61. The molecule has 24 heavy (non-hydrogen) atoms. The fraction of sp³-hybridized carbons (Fsp3) is 0.316. The molecule has 1 heterocycles. The number of methoxy groups -OCH3 is 1. The molecule has 0 aliphatic carbocycles. The highest BCUT2D eigenvalue weighted by atomic mass is 16.5. The summed E-state index contributed by atoms with van der Waals surface area (Å²) < 4.78 is 13.1. The molecule has 0 saturated carbocycles. The van der Waals surface area contributed by atoms with Crippen molar-refractivity contribution in [2.24, 2.45) is 0 Å². The summed E-state index contributed by atoms with van der Waals surface area (Å²) in [6.45, 7) is 1.54. The number of aliphatic hydroxyl groups excluding tert-OH is 1. The molecule has 0 aliphatic heterocycles. The number of aliphatic hydroxyl groups is 1. The monoisotopic (exact) mass is 326 g/mol. The Morgan fingerprint density at radius 3 is 2.54 bits per heavy atom. The standard InChI is InChI=1S/C19H22N2O3/c1-23-15-7-9-16(10-8-15)24-14-4-12-21-18-6-3-2-5-17(18)20-19(21)11-13-22/h2-3,5-10,22H,4,11-14H2,1H3. The quantitative estimate of drug-likeness (QED) is 0.647. The highest BCUT2D eigenvalue weighted by Crippen LogP contribution is 2.19. The lowest BCUT2D eigenvalue weighted by Crippen LogP contribution is -2.09. The molecule has 0 amide bonds. The summed E-state index contributed by atoms with van der Waals surface area (Å²) in [6, 6.07) is 15.6. The topological polar surface area (TPSA) is 56.5 Å². The molecule has 0 spiro atoms. The summed E-state index contributed by atoms with van der Waals surface area (Å²) in [7, 11) is 1.65. The van der Waals surface area contributed by atoms with Gasteiger partial charge in [0, 0.05) is 13.0 Å². The van der Waals surface area contributed by atoms with Gasteiger partial charge in [0.25, 0.3) is 0 Å². The second kappa shape index (κ2) is 7.84. The Labute approximate surface area is 141 Å². The SMILES string of the molecule is COc1ccc(OCCCn2c(CCO)nc3ccccc32)cc1. The molecule has 126 valence electrons. The summed E-state index contributed by atoms with van der Waals surface area (Å²) in [6.07, 6.45) is 1.43. The second-order valence-electron chi connectivity index (χ2n) is 5.52. The van der Waals surface area contributed by atoms with Crippen LogP contribution in [0.15, 0.2) is 48.5 Å². The van der Waals surface area contributed by atoms with Gasteiger partial charge >= 0.3 is 0 Å². The summed E-state index contributed by atoms with van der Waals surface area (Å²) >= 11 is 0. The molecule has 3 aromatic rings. The molecular formula is C19H22N2O3. The molecule has 5 nitrogen and oxygen atoms in total. The lowest BCUT2D eigenvalue weighted by molar-refractivity contribution is 0.289. The van der Waals surface area contributed by atoms with Gasteiger partial charge in [-0.1, -0.05) is 12.1 Å². The number of para-hydroxylation sites is 2. The number of imidazole rings is 1. The first-order valence-electron chi connectivity index (χ1n) is 8.13. The van der Waals surface area contributed by atoms with Gasteiger partial charge in [-0.2, -0.15) is 0 Å². The van der Waals surface area contributed by atoms with Gasteiger partial charge in [-0.25, -0.2) is 4.98 Å². The summed E-state index contributed by atoms with van der Waals surface area (Å²) in [5.74, 6) is 2.57. The third-order valence-corrected chi connectivity index (χ3v) is 3.92. The van der Waals surface area contributed by atoms with Crippen LogP contribution < -0.4 is 9.47 Å². The number of hydrogen-bond donors (Lipinski definition) is 1. The van der Waals surface area contributed by atoms with Crippen LogP contribution in [-0.4, -0.2) is 35.0 Å². The molecule has 0 fully saturated rings. The fourth-order valence-corrected chi connectivity index (χ4v) is 2.75. The first kappa shape index (κ1) is 16.3. The molecule has 1 N–H and O–H groups in total. The van der Waals surface area contributed by atoms with Gasteiger partial charge in [-0.15, -0.1) is 0 Å². The largest absolute Gasteiger partial charge is 0.497 e. The van der Waals surface area contributed by atoms with E-state index in [0.29, 0.717) is 13.0 Å². The molecule has 0 unspecified atom stereocenters. The molecule has 3 rings (SSSR count). The van der Waals surface area contributed by atoms with Crippen LogP contribution in [0.1, 0.15) is 12.2 Å².